The van der Waals surface area contributed by atoms with E-state index in [-0.39, 0.29) is 5.75 Å². The molecule has 4 rings (SSSR count). The maximum atomic E-state index is 12.4. The molecule has 6 nitrogen and oxygen atoms in total. The van der Waals surface area contributed by atoms with Gasteiger partial charge in [-0.2, -0.15) is 5.10 Å². The molecule has 146 valence electrons. The van der Waals surface area contributed by atoms with Crippen LogP contribution in [0.4, 0.5) is 18.9 Å². The second-order valence-corrected chi connectivity index (χ2v) is 6.25. The van der Waals surface area contributed by atoms with Crippen LogP contribution in [0.3, 0.4) is 0 Å². The van der Waals surface area contributed by atoms with Crippen LogP contribution in [-0.2, 0) is 6.54 Å². The van der Waals surface area contributed by atoms with Gasteiger partial charge in [-0.25, -0.2) is 0 Å². The normalized spacial score (nSPS) is 16.7. The van der Waals surface area contributed by atoms with E-state index in [4.69, 9.17) is 0 Å². The lowest BCUT2D eigenvalue weighted by Crippen LogP contribution is -2.29. The first kappa shape index (κ1) is 18.2. The third kappa shape index (κ3) is 3.24. The molecule has 0 fully saturated rings. The molecule has 0 bridgehead atoms. The predicted octanol–water partition coefficient (Wildman–Crippen LogP) is 4.03. The number of anilines is 1. The smallest absolute Gasteiger partial charge is 0.406 e. The van der Waals surface area contributed by atoms with Crippen LogP contribution >= 0.6 is 0 Å². The molecule has 1 aromatic carbocycles. The number of aliphatic hydroxyl groups is 1. The molecule has 0 aliphatic carbocycles. The predicted molar refractivity (Wildman–Crippen MR) is 96.3 cm³/mol. The summed E-state index contributed by atoms with van der Waals surface area (Å²) in [4.78, 5) is 1.61. The van der Waals surface area contributed by atoms with Gasteiger partial charge in [0.25, 0.3) is 0 Å². The summed E-state index contributed by atoms with van der Waals surface area (Å²) in [5, 5.41) is 17.7. The van der Waals surface area contributed by atoms with Crippen molar-refractivity contribution >= 4 is 11.3 Å². The van der Waals surface area contributed by atoms with E-state index in [0.29, 0.717) is 17.9 Å². The lowest BCUT2D eigenvalue weighted by Gasteiger charge is -2.33. The number of nitrogens with one attached hydrogen (secondary N) is 1. The van der Waals surface area contributed by atoms with Crippen molar-refractivity contribution in [3.05, 3.63) is 71.9 Å². The van der Waals surface area contributed by atoms with E-state index in [2.05, 4.69) is 14.9 Å². The summed E-state index contributed by atoms with van der Waals surface area (Å²) in [6, 6.07) is 7.30. The molecule has 0 saturated carbocycles. The van der Waals surface area contributed by atoms with Gasteiger partial charge in [-0.1, -0.05) is 0 Å². The van der Waals surface area contributed by atoms with Crippen LogP contribution in [0.5, 0.6) is 5.75 Å². The standard InChI is InChI=1S/C19H17F3N4O2/c1-2-25-8-7-15-16(12-9-23-24-10-12)11-26(18(27)17(15)25)13-3-5-14(6-4-13)28-19(20,21)22/h3-11,18,27H,2H2,1H3,(H,23,24). The van der Waals surface area contributed by atoms with Crippen molar-refractivity contribution in [1.82, 2.24) is 14.8 Å². The zero-order chi connectivity index (χ0) is 19.9. The number of nitrogens with zero attached hydrogens (tertiary/aromatic N) is 3. The number of benzene rings is 1. The van der Waals surface area contributed by atoms with Crippen molar-refractivity contribution in [3.8, 4) is 5.75 Å². The van der Waals surface area contributed by atoms with Gasteiger partial charge in [0.2, 0.25) is 0 Å². The molecule has 1 unspecified atom stereocenters. The molecule has 1 atom stereocenters. The highest BCUT2D eigenvalue weighted by molar-refractivity contribution is 5.84. The number of ether oxygens (including phenoxy) is 1. The lowest BCUT2D eigenvalue weighted by molar-refractivity contribution is -0.274. The molecule has 0 amide bonds. The summed E-state index contributed by atoms with van der Waals surface area (Å²) >= 11 is 0. The number of aromatic amines is 1. The summed E-state index contributed by atoms with van der Waals surface area (Å²) in [6.45, 7) is 2.63. The molecular weight excluding hydrogens is 373 g/mol. The Bertz CT molecular complexity index is 991. The third-order valence-electron chi connectivity index (χ3n) is 4.59. The Hall–Kier alpha value is -3.20. The van der Waals surface area contributed by atoms with Gasteiger partial charge in [-0.3, -0.25) is 5.10 Å². The summed E-state index contributed by atoms with van der Waals surface area (Å²) in [6.07, 6.45) is 1.33. The molecule has 2 N–H and O–H groups in total. The summed E-state index contributed by atoms with van der Waals surface area (Å²) in [5.74, 6) is -0.320. The third-order valence-corrected chi connectivity index (χ3v) is 4.59. The van der Waals surface area contributed by atoms with Crippen LogP contribution in [0.2, 0.25) is 0 Å². The van der Waals surface area contributed by atoms with Crippen molar-refractivity contribution in [2.24, 2.45) is 0 Å². The van der Waals surface area contributed by atoms with Crippen LogP contribution in [0.1, 0.15) is 30.0 Å². The largest absolute Gasteiger partial charge is 0.573 e. The van der Waals surface area contributed by atoms with Crippen molar-refractivity contribution in [2.75, 3.05) is 4.90 Å². The highest BCUT2D eigenvalue weighted by Crippen LogP contribution is 2.40. The quantitative estimate of drug-likeness (QED) is 0.706. The number of alkyl halides is 3. The molecule has 0 spiro atoms. The molecule has 3 aromatic rings. The SMILES string of the molecule is CCn1ccc2c1C(O)N(c1ccc(OC(F)(F)F)cc1)C=C2c1cn[nH]c1. The van der Waals surface area contributed by atoms with Gasteiger partial charge in [0.15, 0.2) is 6.23 Å². The van der Waals surface area contributed by atoms with Crippen molar-refractivity contribution < 1.29 is 23.0 Å². The Morgan fingerprint density at radius 1 is 1.21 bits per heavy atom. The monoisotopic (exact) mass is 390 g/mol. The number of halogens is 3. The average Bonchev–Trinajstić information content (AvgIpc) is 3.31. The zero-order valence-corrected chi connectivity index (χ0v) is 14.8. The number of H-pyrrole nitrogens is 1. The first-order valence-corrected chi connectivity index (χ1v) is 8.60. The summed E-state index contributed by atoms with van der Waals surface area (Å²) < 4.78 is 43.0. The number of aliphatic hydroxyl groups excluding tert-OH is 1. The lowest BCUT2D eigenvalue weighted by atomic mass is 9.97. The van der Waals surface area contributed by atoms with Crippen LogP contribution in [0.25, 0.3) is 5.57 Å². The number of hydrogen-bond donors (Lipinski definition) is 2. The highest BCUT2D eigenvalue weighted by atomic mass is 19.4. The van der Waals surface area contributed by atoms with Crippen LogP contribution in [0.15, 0.2) is 55.1 Å². The zero-order valence-electron chi connectivity index (χ0n) is 14.8. The van der Waals surface area contributed by atoms with Gasteiger partial charge in [-0.15, -0.1) is 13.2 Å². The molecule has 3 heterocycles. The maximum absolute atomic E-state index is 12.4. The Labute approximate surface area is 158 Å². The van der Waals surface area contributed by atoms with Gasteiger partial charge in [0.1, 0.15) is 5.75 Å². The fourth-order valence-electron chi connectivity index (χ4n) is 3.35. The second kappa shape index (κ2) is 6.75. The van der Waals surface area contributed by atoms with Crippen LogP contribution in [-0.4, -0.2) is 26.2 Å². The van der Waals surface area contributed by atoms with E-state index in [0.717, 1.165) is 16.7 Å². The Balaban J connectivity index is 1.75. The van der Waals surface area contributed by atoms with Crippen molar-refractivity contribution in [2.45, 2.75) is 26.1 Å². The summed E-state index contributed by atoms with van der Waals surface area (Å²) in [5.41, 5.74) is 3.79. The van der Waals surface area contributed by atoms with E-state index in [1.165, 1.54) is 24.3 Å². The van der Waals surface area contributed by atoms with Crippen LogP contribution in [0, 0.1) is 0 Å². The number of rotatable bonds is 4. The topological polar surface area (TPSA) is 66.3 Å². The minimum Gasteiger partial charge on any atom is -0.406 e. The molecular formula is C19H17F3N4O2. The number of aryl methyl sites for hydroxylation is 1. The van der Waals surface area contributed by atoms with Gasteiger partial charge in [0.05, 0.1) is 11.9 Å². The van der Waals surface area contributed by atoms with Gasteiger partial charge in [0, 0.05) is 47.5 Å². The van der Waals surface area contributed by atoms with E-state index < -0.39 is 12.6 Å². The van der Waals surface area contributed by atoms with Crippen molar-refractivity contribution in [3.63, 3.8) is 0 Å². The van der Waals surface area contributed by atoms with Gasteiger partial charge >= 0.3 is 6.36 Å². The number of aromatic nitrogens is 3. The first-order chi connectivity index (χ1) is 13.4. The molecule has 1 aliphatic rings. The fourth-order valence-corrected chi connectivity index (χ4v) is 3.35. The van der Waals surface area contributed by atoms with E-state index in [9.17, 15) is 18.3 Å². The molecule has 1 aliphatic heterocycles. The Morgan fingerprint density at radius 2 is 1.96 bits per heavy atom. The summed E-state index contributed by atoms with van der Waals surface area (Å²) in [7, 11) is 0. The van der Waals surface area contributed by atoms with Gasteiger partial charge < -0.3 is 19.3 Å². The van der Waals surface area contributed by atoms with Gasteiger partial charge in [-0.05, 0) is 37.3 Å². The van der Waals surface area contributed by atoms with Crippen LogP contribution < -0.4 is 9.64 Å². The minimum atomic E-state index is -4.75. The van der Waals surface area contributed by atoms with E-state index in [1.807, 2.05) is 23.8 Å². The van der Waals surface area contributed by atoms with Crippen molar-refractivity contribution in [1.29, 1.82) is 0 Å². The molecule has 0 radical (unpaired) electrons. The average molecular weight is 390 g/mol. The fraction of sp³-hybridized carbons (Fsp3) is 0.211. The minimum absolute atomic E-state index is 0.320. The Kier molecular flexibility index (Phi) is 4.38. The number of fused-ring (bicyclic) bond motifs is 1. The Morgan fingerprint density at radius 3 is 2.57 bits per heavy atom. The highest BCUT2D eigenvalue weighted by Gasteiger charge is 2.32. The molecule has 28 heavy (non-hydrogen) atoms. The maximum Gasteiger partial charge on any atom is 0.573 e. The molecule has 9 heteroatoms. The number of hydrogen-bond acceptors (Lipinski definition) is 4. The second-order valence-electron chi connectivity index (χ2n) is 6.25. The first-order valence-electron chi connectivity index (χ1n) is 8.60. The molecule has 2 aromatic heterocycles. The molecule has 0 saturated heterocycles. The van der Waals surface area contributed by atoms with E-state index in [1.54, 1.807) is 23.5 Å². The van der Waals surface area contributed by atoms with E-state index >= 15 is 0 Å².